The fraction of sp³-hybridized carbons (Fsp3) is 0.538. The minimum Gasteiger partial charge on any atom is -0.489 e. The molecule has 96 valence electrons. The van der Waals surface area contributed by atoms with Crippen molar-refractivity contribution in [3.05, 3.63) is 29.8 Å². The highest BCUT2D eigenvalue weighted by molar-refractivity contribution is 5.24. The van der Waals surface area contributed by atoms with Crippen LogP contribution >= 0.6 is 0 Å². The molecule has 0 saturated heterocycles. The van der Waals surface area contributed by atoms with Crippen LogP contribution in [0.5, 0.6) is 5.75 Å². The smallest absolute Gasteiger partial charge is 0.165 e. The molecule has 0 unspecified atom stereocenters. The summed E-state index contributed by atoms with van der Waals surface area (Å²) in [6.07, 6.45) is 1.09. The van der Waals surface area contributed by atoms with Crippen molar-refractivity contribution >= 4 is 0 Å². The lowest BCUT2D eigenvalue weighted by molar-refractivity contribution is 0.295. The SMILES string of the molecule is CC(C)CCNCCOc1cc(F)ccc1F. The highest BCUT2D eigenvalue weighted by Gasteiger charge is 2.04. The van der Waals surface area contributed by atoms with Crippen LogP contribution in [0.1, 0.15) is 20.3 Å². The second-order valence-electron chi connectivity index (χ2n) is 4.36. The quantitative estimate of drug-likeness (QED) is 0.743. The lowest BCUT2D eigenvalue weighted by Gasteiger charge is -2.09. The predicted molar refractivity (Wildman–Crippen MR) is 64.2 cm³/mol. The second-order valence-corrected chi connectivity index (χ2v) is 4.36. The highest BCUT2D eigenvalue weighted by Crippen LogP contribution is 2.17. The van der Waals surface area contributed by atoms with Crippen LogP contribution in [0.2, 0.25) is 0 Å². The van der Waals surface area contributed by atoms with Gasteiger partial charge in [-0.2, -0.15) is 0 Å². The first-order valence-electron chi connectivity index (χ1n) is 5.88. The molecule has 1 N–H and O–H groups in total. The molecular weight excluding hydrogens is 224 g/mol. The third-order valence-corrected chi connectivity index (χ3v) is 2.33. The number of rotatable bonds is 7. The van der Waals surface area contributed by atoms with Gasteiger partial charge in [-0.25, -0.2) is 8.78 Å². The fourth-order valence-electron chi connectivity index (χ4n) is 1.34. The summed E-state index contributed by atoms with van der Waals surface area (Å²) < 4.78 is 31.1. The molecule has 0 spiro atoms. The van der Waals surface area contributed by atoms with Gasteiger partial charge in [-0.1, -0.05) is 13.8 Å². The predicted octanol–water partition coefficient (Wildman–Crippen LogP) is 2.98. The molecule has 4 heteroatoms. The number of hydrogen-bond donors (Lipinski definition) is 1. The first kappa shape index (κ1) is 13.9. The van der Waals surface area contributed by atoms with Gasteiger partial charge in [0.1, 0.15) is 12.4 Å². The lowest BCUT2D eigenvalue weighted by Crippen LogP contribution is -2.23. The number of ether oxygens (including phenoxy) is 1. The molecule has 0 fully saturated rings. The number of benzene rings is 1. The van der Waals surface area contributed by atoms with Crippen LogP contribution in [-0.4, -0.2) is 19.7 Å². The molecule has 0 amide bonds. The molecule has 1 rings (SSSR count). The molecular formula is C13H19F2NO. The summed E-state index contributed by atoms with van der Waals surface area (Å²) in [7, 11) is 0. The summed E-state index contributed by atoms with van der Waals surface area (Å²) in [6, 6.07) is 3.20. The van der Waals surface area contributed by atoms with Crippen molar-refractivity contribution in [3.8, 4) is 5.75 Å². The van der Waals surface area contributed by atoms with Crippen molar-refractivity contribution < 1.29 is 13.5 Å². The zero-order chi connectivity index (χ0) is 12.7. The molecule has 17 heavy (non-hydrogen) atoms. The molecule has 2 nitrogen and oxygen atoms in total. The Labute approximate surface area is 101 Å². The van der Waals surface area contributed by atoms with E-state index in [1.807, 2.05) is 0 Å². The van der Waals surface area contributed by atoms with E-state index in [1.54, 1.807) is 0 Å². The van der Waals surface area contributed by atoms with E-state index in [1.165, 1.54) is 0 Å². The Morgan fingerprint density at radius 2 is 2.00 bits per heavy atom. The van der Waals surface area contributed by atoms with Crippen LogP contribution in [0.25, 0.3) is 0 Å². The second kappa shape index (κ2) is 7.22. The third-order valence-electron chi connectivity index (χ3n) is 2.33. The Morgan fingerprint density at radius 1 is 1.24 bits per heavy atom. The van der Waals surface area contributed by atoms with Crippen LogP contribution < -0.4 is 10.1 Å². The molecule has 0 bridgehead atoms. The lowest BCUT2D eigenvalue weighted by atomic mass is 10.1. The molecule has 0 saturated carbocycles. The van der Waals surface area contributed by atoms with E-state index < -0.39 is 11.6 Å². The summed E-state index contributed by atoms with van der Waals surface area (Å²) in [5.41, 5.74) is 0. The van der Waals surface area contributed by atoms with Gasteiger partial charge < -0.3 is 10.1 Å². The van der Waals surface area contributed by atoms with Crippen molar-refractivity contribution in [1.29, 1.82) is 0 Å². The summed E-state index contributed by atoms with van der Waals surface area (Å²) in [5.74, 6) is -0.400. The minimum absolute atomic E-state index is 0.0318. The van der Waals surface area contributed by atoms with Gasteiger partial charge in [-0.3, -0.25) is 0 Å². The Balaban J connectivity index is 2.20. The summed E-state index contributed by atoms with van der Waals surface area (Å²) in [4.78, 5) is 0. The van der Waals surface area contributed by atoms with E-state index in [0.717, 1.165) is 31.2 Å². The monoisotopic (exact) mass is 243 g/mol. The van der Waals surface area contributed by atoms with Crippen LogP contribution in [0.4, 0.5) is 8.78 Å². The average Bonchev–Trinajstić information content (AvgIpc) is 2.27. The molecule has 0 aliphatic carbocycles. The Morgan fingerprint density at radius 3 is 2.71 bits per heavy atom. The Kier molecular flexibility index (Phi) is 5.91. The van der Waals surface area contributed by atoms with E-state index >= 15 is 0 Å². The van der Waals surface area contributed by atoms with Gasteiger partial charge in [0.05, 0.1) is 0 Å². The van der Waals surface area contributed by atoms with Crippen LogP contribution in [0.3, 0.4) is 0 Å². The number of halogens is 2. The molecule has 0 aromatic heterocycles. The van der Waals surface area contributed by atoms with Crippen LogP contribution in [0, 0.1) is 17.6 Å². The highest BCUT2D eigenvalue weighted by atomic mass is 19.1. The van der Waals surface area contributed by atoms with E-state index in [-0.39, 0.29) is 5.75 Å². The van der Waals surface area contributed by atoms with E-state index in [4.69, 9.17) is 4.74 Å². The van der Waals surface area contributed by atoms with Crippen LogP contribution in [0.15, 0.2) is 18.2 Å². The van der Waals surface area contributed by atoms with Gasteiger partial charge in [0.2, 0.25) is 0 Å². The largest absolute Gasteiger partial charge is 0.489 e. The van der Waals surface area contributed by atoms with Gasteiger partial charge in [-0.05, 0) is 31.0 Å². The standard InChI is InChI=1S/C13H19F2NO/c1-10(2)5-6-16-7-8-17-13-9-11(14)3-4-12(13)15/h3-4,9-10,16H,5-8H2,1-2H3. The average molecular weight is 243 g/mol. The van der Waals surface area contributed by atoms with Gasteiger partial charge in [0.25, 0.3) is 0 Å². The van der Waals surface area contributed by atoms with Gasteiger partial charge in [0, 0.05) is 12.6 Å². The molecule has 1 aromatic rings. The Hall–Kier alpha value is -1.16. The van der Waals surface area contributed by atoms with Gasteiger partial charge >= 0.3 is 0 Å². The topological polar surface area (TPSA) is 21.3 Å². The van der Waals surface area contributed by atoms with Gasteiger partial charge in [-0.15, -0.1) is 0 Å². The van der Waals surface area contributed by atoms with Crippen molar-refractivity contribution in [2.24, 2.45) is 5.92 Å². The number of hydrogen-bond acceptors (Lipinski definition) is 2. The zero-order valence-corrected chi connectivity index (χ0v) is 10.3. The Bertz CT molecular complexity index is 342. The summed E-state index contributed by atoms with van der Waals surface area (Å²) >= 11 is 0. The molecule has 0 aliphatic heterocycles. The number of nitrogens with one attached hydrogen (secondary N) is 1. The minimum atomic E-state index is -0.534. The van der Waals surface area contributed by atoms with Crippen molar-refractivity contribution in [1.82, 2.24) is 5.32 Å². The first-order chi connectivity index (χ1) is 8.09. The summed E-state index contributed by atoms with van der Waals surface area (Å²) in [5, 5.41) is 3.18. The van der Waals surface area contributed by atoms with E-state index in [2.05, 4.69) is 19.2 Å². The summed E-state index contributed by atoms with van der Waals surface area (Å²) in [6.45, 7) is 6.18. The first-order valence-corrected chi connectivity index (χ1v) is 5.88. The van der Waals surface area contributed by atoms with Crippen molar-refractivity contribution in [2.75, 3.05) is 19.7 Å². The molecule has 0 atom stereocenters. The van der Waals surface area contributed by atoms with E-state index in [9.17, 15) is 8.78 Å². The van der Waals surface area contributed by atoms with Crippen LogP contribution in [-0.2, 0) is 0 Å². The third kappa shape index (κ3) is 5.63. The van der Waals surface area contributed by atoms with Gasteiger partial charge in [0.15, 0.2) is 11.6 Å². The van der Waals surface area contributed by atoms with E-state index in [0.29, 0.717) is 19.1 Å². The van der Waals surface area contributed by atoms with Crippen molar-refractivity contribution in [3.63, 3.8) is 0 Å². The molecule has 0 radical (unpaired) electrons. The van der Waals surface area contributed by atoms with Crippen molar-refractivity contribution in [2.45, 2.75) is 20.3 Å². The molecule has 0 heterocycles. The maximum absolute atomic E-state index is 13.1. The molecule has 1 aromatic carbocycles. The normalized spacial score (nSPS) is 10.9. The maximum Gasteiger partial charge on any atom is 0.165 e. The maximum atomic E-state index is 13.1. The zero-order valence-electron chi connectivity index (χ0n) is 10.3. The fourth-order valence-corrected chi connectivity index (χ4v) is 1.34. The molecule has 0 aliphatic rings.